The first-order valence-electron chi connectivity index (χ1n) is 2.95. The molecule has 0 aromatic carbocycles. The van der Waals surface area contributed by atoms with Gasteiger partial charge in [0.1, 0.15) is 0 Å². The molecule has 0 amide bonds. The van der Waals surface area contributed by atoms with E-state index in [-0.39, 0.29) is 78.2 Å². The Morgan fingerprint density at radius 2 is 1.67 bits per heavy atom. The summed E-state index contributed by atoms with van der Waals surface area (Å²) < 4.78 is 0. The predicted octanol–water partition coefficient (Wildman–Crippen LogP) is -8.95. The minimum absolute atomic E-state index is 0. The van der Waals surface area contributed by atoms with Crippen LogP contribution >= 0.6 is 0 Å². The van der Waals surface area contributed by atoms with Gasteiger partial charge in [-0.15, -0.1) is 0 Å². The molecule has 1 rings (SSSR count). The van der Waals surface area contributed by atoms with Gasteiger partial charge in [-0.2, -0.15) is 0 Å². The van der Waals surface area contributed by atoms with Crippen LogP contribution in [-0.4, -0.2) is 57.4 Å². The Balaban J connectivity index is -0.0000000800. The average Bonchev–Trinajstić information content (AvgIpc) is 2.14. The van der Waals surface area contributed by atoms with Gasteiger partial charge < -0.3 is 60.7 Å². The number of halogens is 3. The van der Waals surface area contributed by atoms with Crippen LogP contribution in [0.5, 0.6) is 0 Å². The first-order chi connectivity index (χ1) is 3.83. The van der Waals surface area contributed by atoms with E-state index in [1.54, 1.807) is 0 Å². The van der Waals surface area contributed by atoms with Crippen LogP contribution in [0.2, 0.25) is 0 Å². The Morgan fingerprint density at radius 3 is 1.83 bits per heavy atom. The van der Waals surface area contributed by atoms with Crippen LogP contribution in [0.15, 0.2) is 12.4 Å². The van der Waals surface area contributed by atoms with Crippen LogP contribution in [0.25, 0.3) is 0 Å². The Morgan fingerprint density at radius 1 is 1.17 bits per heavy atom. The summed E-state index contributed by atoms with van der Waals surface area (Å²) in [6, 6.07) is 0. The van der Waals surface area contributed by atoms with E-state index in [9.17, 15) is 0 Å². The zero-order chi connectivity index (χ0) is 5.98. The SMILES string of the molecule is CCN1C=CN(C)C1.[Br-].[Br-].[Br-].[PbH+3]. The topological polar surface area (TPSA) is 6.48 Å². The van der Waals surface area contributed by atoms with Crippen molar-refractivity contribution in [3.05, 3.63) is 12.4 Å². The molecule has 0 spiro atoms. The standard InChI is InChI=1S/C6H12N2.3BrH.Pb.H/c1-3-8-5-4-7(2)6-8;;;;;/h4-5H,3,6H2,1-2H3;3*1H;;/q;;;;+3;/p-3. The van der Waals surface area contributed by atoms with E-state index in [1.807, 2.05) is 0 Å². The first kappa shape index (κ1) is 23.5. The Bertz CT molecular complexity index is 113. The number of nitrogens with zero attached hydrogens (tertiary/aromatic N) is 2. The van der Waals surface area contributed by atoms with E-state index in [0.29, 0.717) is 0 Å². The molecule has 0 aliphatic carbocycles. The predicted molar refractivity (Wildman–Crippen MR) is 41.3 cm³/mol. The van der Waals surface area contributed by atoms with Gasteiger partial charge in [-0.1, -0.05) is 0 Å². The van der Waals surface area contributed by atoms with Crippen LogP contribution in [0.4, 0.5) is 0 Å². The molecular formula is C6H13Br3N2Pb. The van der Waals surface area contributed by atoms with Gasteiger partial charge in [-0.25, -0.2) is 0 Å². The summed E-state index contributed by atoms with van der Waals surface area (Å²) in [5, 5.41) is 0. The van der Waals surface area contributed by atoms with Crippen LogP contribution in [-0.2, 0) is 0 Å². The van der Waals surface area contributed by atoms with Crippen LogP contribution in [0.3, 0.4) is 0 Å². The molecule has 12 heavy (non-hydrogen) atoms. The molecule has 0 aromatic heterocycles. The monoisotopic (exact) mass is 558 g/mol. The van der Waals surface area contributed by atoms with Crippen molar-refractivity contribution in [3.8, 4) is 0 Å². The van der Waals surface area contributed by atoms with Gasteiger partial charge in [0.15, 0.2) is 0 Å². The van der Waals surface area contributed by atoms with Crippen molar-refractivity contribution in [2.75, 3.05) is 20.3 Å². The molecular weight excluding hydrogens is 547 g/mol. The van der Waals surface area contributed by atoms with Crippen molar-refractivity contribution in [2.24, 2.45) is 0 Å². The summed E-state index contributed by atoms with van der Waals surface area (Å²) in [5.41, 5.74) is 0. The third-order valence-electron chi connectivity index (χ3n) is 1.34. The van der Waals surface area contributed by atoms with Crippen LogP contribution in [0, 0.1) is 0 Å². The zero-order valence-corrected chi connectivity index (χ0v) is 16.4. The molecule has 0 N–H and O–H groups in total. The van der Waals surface area contributed by atoms with Crippen molar-refractivity contribution >= 4 is 27.3 Å². The maximum atomic E-state index is 2.25. The molecule has 0 saturated carbocycles. The molecule has 0 radical (unpaired) electrons. The Kier molecular flexibility index (Phi) is 24.9. The third-order valence-corrected chi connectivity index (χ3v) is 1.34. The van der Waals surface area contributed by atoms with Gasteiger partial charge in [-0.05, 0) is 6.92 Å². The zero-order valence-electron chi connectivity index (χ0n) is 7.17. The molecule has 6 heteroatoms. The molecule has 0 atom stereocenters. The maximum absolute atomic E-state index is 2.25. The average molecular weight is 560 g/mol. The van der Waals surface area contributed by atoms with E-state index in [1.165, 1.54) is 0 Å². The molecule has 1 heterocycles. The van der Waals surface area contributed by atoms with Gasteiger partial charge >= 0.3 is 27.3 Å². The minimum atomic E-state index is 0. The fourth-order valence-corrected chi connectivity index (χ4v) is 0.794. The van der Waals surface area contributed by atoms with E-state index in [4.69, 9.17) is 0 Å². The Hall–Kier alpha value is 1.70. The van der Waals surface area contributed by atoms with E-state index >= 15 is 0 Å². The van der Waals surface area contributed by atoms with Crippen molar-refractivity contribution < 1.29 is 50.9 Å². The molecule has 72 valence electrons. The summed E-state index contributed by atoms with van der Waals surface area (Å²) >= 11 is 0. The van der Waals surface area contributed by atoms with Gasteiger partial charge in [0.25, 0.3) is 0 Å². The summed E-state index contributed by atoms with van der Waals surface area (Å²) in [4.78, 5) is 4.41. The molecule has 0 bridgehead atoms. The van der Waals surface area contributed by atoms with Gasteiger partial charge in [-0.3, -0.25) is 0 Å². The molecule has 0 aromatic rings. The van der Waals surface area contributed by atoms with Crippen molar-refractivity contribution in [3.63, 3.8) is 0 Å². The molecule has 1 aliphatic heterocycles. The molecule has 2 nitrogen and oxygen atoms in total. The molecule has 0 fully saturated rings. The molecule has 0 saturated heterocycles. The second-order valence-electron chi connectivity index (χ2n) is 2.10. The molecule has 1 aliphatic rings. The van der Waals surface area contributed by atoms with Crippen molar-refractivity contribution in [1.82, 2.24) is 9.80 Å². The Labute approximate surface area is 126 Å². The van der Waals surface area contributed by atoms with Crippen LogP contribution < -0.4 is 50.9 Å². The molecule has 0 unspecified atom stereocenters. The summed E-state index contributed by atoms with van der Waals surface area (Å²) in [5.74, 6) is 0. The summed E-state index contributed by atoms with van der Waals surface area (Å²) in [6.45, 7) is 4.32. The normalized spacial score (nSPS) is 12.2. The number of hydrogen-bond acceptors (Lipinski definition) is 2. The summed E-state index contributed by atoms with van der Waals surface area (Å²) in [6.07, 6.45) is 4.20. The van der Waals surface area contributed by atoms with E-state index in [0.717, 1.165) is 13.2 Å². The fourth-order valence-electron chi connectivity index (χ4n) is 0.794. The third kappa shape index (κ3) is 8.31. The number of hydrogen-bond donors (Lipinski definition) is 0. The quantitative estimate of drug-likeness (QED) is 0.295. The number of rotatable bonds is 1. The second kappa shape index (κ2) is 12.7. The van der Waals surface area contributed by atoms with E-state index in [2.05, 4.69) is 36.2 Å². The van der Waals surface area contributed by atoms with Gasteiger partial charge in [0.05, 0.1) is 6.67 Å². The second-order valence-corrected chi connectivity index (χ2v) is 2.10. The van der Waals surface area contributed by atoms with Gasteiger partial charge in [0.2, 0.25) is 0 Å². The first-order valence-corrected chi connectivity index (χ1v) is 2.95. The summed E-state index contributed by atoms with van der Waals surface area (Å²) in [7, 11) is 2.08. The van der Waals surface area contributed by atoms with Crippen LogP contribution in [0.1, 0.15) is 6.92 Å². The van der Waals surface area contributed by atoms with E-state index < -0.39 is 0 Å². The van der Waals surface area contributed by atoms with Crippen molar-refractivity contribution in [1.29, 1.82) is 0 Å². The van der Waals surface area contributed by atoms with Gasteiger partial charge in [0, 0.05) is 26.0 Å². The fraction of sp³-hybridized carbons (Fsp3) is 0.667. The van der Waals surface area contributed by atoms with Crippen molar-refractivity contribution in [2.45, 2.75) is 6.92 Å².